The number of fused-ring (bicyclic) bond motifs is 8. The minimum atomic E-state index is 0.143. The van der Waals surface area contributed by atoms with Crippen molar-refractivity contribution in [3.8, 4) is 11.1 Å². The molecule has 2 heterocycles. The Balaban J connectivity index is 1.41. The van der Waals surface area contributed by atoms with Crippen molar-refractivity contribution in [3.05, 3.63) is 95.6 Å². The Hall–Kier alpha value is -3.10. The summed E-state index contributed by atoms with van der Waals surface area (Å²) >= 11 is 0. The van der Waals surface area contributed by atoms with Gasteiger partial charge in [-0.2, -0.15) is 0 Å². The van der Waals surface area contributed by atoms with Gasteiger partial charge in [0.1, 0.15) is 11.4 Å². The molecule has 0 aromatic heterocycles. The van der Waals surface area contributed by atoms with E-state index in [1.165, 1.54) is 50.6 Å². The lowest BCUT2D eigenvalue weighted by Crippen LogP contribution is -2.31. The zero-order valence-electron chi connectivity index (χ0n) is 20.0. The highest BCUT2D eigenvalue weighted by atomic mass is 15.3. The van der Waals surface area contributed by atoms with Gasteiger partial charge in [-0.3, -0.25) is 4.48 Å². The first-order chi connectivity index (χ1) is 15.9. The van der Waals surface area contributed by atoms with Gasteiger partial charge in [0, 0.05) is 30.3 Å². The third kappa shape index (κ3) is 2.37. The van der Waals surface area contributed by atoms with E-state index < -0.39 is 0 Å². The summed E-state index contributed by atoms with van der Waals surface area (Å²) in [4.78, 5) is 2.60. The maximum Gasteiger partial charge on any atom is 0.147 e. The summed E-state index contributed by atoms with van der Waals surface area (Å²) in [6.45, 7) is 5.90. The van der Waals surface area contributed by atoms with Crippen LogP contribution in [-0.2, 0) is 11.8 Å². The monoisotopic (exact) mass is 431 g/mol. The molecule has 0 saturated carbocycles. The highest BCUT2D eigenvalue weighted by Gasteiger charge is 2.45. The van der Waals surface area contributed by atoms with E-state index in [0.29, 0.717) is 11.8 Å². The van der Waals surface area contributed by atoms with Crippen LogP contribution < -0.4 is 9.38 Å². The second kappa shape index (κ2) is 6.27. The molecule has 7 rings (SSSR count). The minimum absolute atomic E-state index is 0.143. The van der Waals surface area contributed by atoms with Crippen molar-refractivity contribution < 1.29 is 0 Å². The topological polar surface area (TPSA) is 3.24 Å². The summed E-state index contributed by atoms with van der Waals surface area (Å²) in [6.07, 6.45) is 10.4. The Labute approximate surface area is 197 Å². The molecule has 2 aliphatic carbocycles. The Bertz CT molecular complexity index is 1390. The number of hydrogen-bond donors (Lipinski definition) is 0. The number of hydrogen-bond acceptors (Lipinski definition) is 1. The molecule has 0 fully saturated rings. The average Bonchev–Trinajstić information content (AvgIpc) is 3.43. The SMILES string of the molecule is CC1(C)c2cc(N3CCc4ccc5c(c43)-c3ccccc3[N+]5(C)C)ccc2C2C=CC=CC21. The number of para-hydroxylation sites is 1. The fourth-order valence-corrected chi connectivity index (χ4v) is 7.10. The van der Waals surface area contributed by atoms with Crippen LogP contribution in [0.5, 0.6) is 0 Å². The van der Waals surface area contributed by atoms with Crippen LogP contribution >= 0.6 is 0 Å². The lowest BCUT2D eigenvalue weighted by atomic mass is 9.74. The molecule has 3 aromatic rings. The van der Waals surface area contributed by atoms with E-state index in [1.807, 2.05) is 0 Å². The van der Waals surface area contributed by atoms with E-state index in [2.05, 4.69) is 112 Å². The third-order valence-corrected chi connectivity index (χ3v) is 8.86. The molecule has 0 N–H and O–H groups in total. The van der Waals surface area contributed by atoms with E-state index in [4.69, 9.17) is 0 Å². The van der Waals surface area contributed by atoms with Gasteiger partial charge in [0.15, 0.2) is 0 Å². The Kier molecular flexibility index (Phi) is 3.68. The molecule has 2 aliphatic heterocycles. The third-order valence-electron chi connectivity index (χ3n) is 8.86. The summed E-state index contributed by atoms with van der Waals surface area (Å²) in [7, 11) is 4.63. The van der Waals surface area contributed by atoms with Crippen molar-refractivity contribution in [1.82, 2.24) is 4.48 Å². The molecule has 0 radical (unpaired) electrons. The van der Waals surface area contributed by atoms with Crippen molar-refractivity contribution in [3.63, 3.8) is 0 Å². The molecule has 33 heavy (non-hydrogen) atoms. The van der Waals surface area contributed by atoms with Gasteiger partial charge < -0.3 is 4.90 Å². The van der Waals surface area contributed by atoms with E-state index >= 15 is 0 Å². The number of anilines is 2. The largest absolute Gasteiger partial charge is 0.340 e. The van der Waals surface area contributed by atoms with Gasteiger partial charge in [0.2, 0.25) is 0 Å². The number of allylic oxidation sites excluding steroid dienone is 4. The molecular formula is C31H31N2+. The summed E-state index contributed by atoms with van der Waals surface area (Å²) < 4.78 is 0.811. The van der Waals surface area contributed by atoms with Crippen LogP contribution in [0.2, 0.25) is 0 Å². The van der Waals surface area contributed by atoms with Gasteiger partial charge in [-0.05, 0) is 52.6 Å². The summed E-state index contributed by atoms with van der Waals surface area (Å²) in [5.74, 6) is 1.06. The van der Waals surface area contributed by atoms with Gasteiger partial charge >= 0.3 is 0 Å². The smallest absolute Gasteiger partial charge is 0.147 e. The lowest BCUT2D eigenvalue weighted by Gasteiger charge is -2.30. The second-order valence-corrected chi connectivity index (χ2v) is 11.2. The van der Waals surface area contributed by atoms with Gasteiger partial charge in [0.05, 0.1) is 30.9 Å². The Morgan fingerprint density at radius 2 is 1.73 bits per heavy atom. The Morgan fingerprint density at radius 1 is 0.909 bits per heavy atom. The van der Waals surface area contributed by atoms with Gasteiger partial charge in [-0.1, -0.05) is 62.4 Å². The van der Waals surface area contributed by atoms with Gasteiger partial charge in [-0.25, -0.2) is 0 Å². The van der Waals surface area contributed by atoms with E-state index in [9.17, 15) is 0 Å². The summed E-state index contributed by atoms with van der Waals surface area (Å²) in [5, 5.41) is 0. The molecule has 0 amide bonds. The highest BCUT2D eigenvalue weighted by molar-refractivity contribution is 6.03. The zero-order chi connectivity index (χ0) is 22.5. The first-order valence-electron chi connectivity index (χ1n) is 12.3. The zero-order valence-corrected chi connectivity index (χ0v) is 20.0. The van der Waals surface area contributed by atoms with Gasteiger partial charge in [-0.15, -0.1) is 0 Å². The van der Waals surface area contributed by atoms with Crippen LogP contribution in [0.4, 0.5) is 22.7 Å². The molecule has 0 saturated heterocycles. The van der Waals surface area contributed by atoms with Crippen molar-refractivity contribution >= 4 is 22.7 Å². The maximum atomic E-state index is 2.60. The molecule has 164 valence electrons. The van der Waals surface area contributed by atoms with Gasteiger partial charge in [0.25, 0.3) is 0 Å². The van der Waals surface area contributed by atoms with Crippen LogP contribution in [0.15, 0.2) is 78.9 Å². The van der Waals surface area contributed by atoms with Crippen LogP contribution in [0.3, 0.4) is 0 Å². The molecular weight excluding hydrogens is 400 g/mol. The van der Waals surface area contributed by atoms with Crippen LogP contribution in [-0.4, -0.2) is 20.6 Å². The van der Waals surface area contributed by atoms with Crippen LogP contribution in [0.1, 0.15) is 36.5 Å². The average molecular weight is 432 g/mol. The fraction of sp³-hybridized carbons (Fsp3) is 0.290. The number of nitrogens with zero attached hydrogens (tertiary/aromatic N) is 2. The molecule has 2 heteroatoms. The van der Waals surface area contributed by atoms with Crippen molar-refractivity contribution in [2.45, 2.75) is 31.6 Å². The summed E-state index contributed by atoms with van der Waals surface area (Å²) in [5.41, 5.74) is 13.0. The molecule has 2 atom stereocenters. The number of quaternary nitrogens is 1. The molecule has 2 nitrogen and oxygen atoms in total. The van der Waals surface area contributed by atoms with Crippen LogP contribution in [0, 0.1) is 5.92 Å². The highest BCUT2D eigenvalue weighted by Crippen LogP contribution is 2.58. The van der Waals surface area contributed by atoms with E-state index in [-0.39, 0.29) is 5.41 Å². The molecule has 4 aliphatic rings. The molecule has 0 bridgehead atoms. The van der Waals surface area contributed by atoms with Crippen molar-refractivity contribution in [2.24, 2.45) is 5.92 Å². The normalized spacial score (nSPS) is 24.3. The first kappa shape index (κ1) is 19.4. The fourth-order valence-electron chi connectivity index (χ4n) is 7.10. The Morgan fingerprint density at radius 3 is 2.61 bits per heavy atom. The predicted molar refractivity (Wildman–Crippen MR) is 140 cm³/mol. The van der Waals surface area contributed by atoms with Crippen LogP contribution in [0.25, 0.3) is 11.1 Å². The maximum absolute atomic E-state index is 2.60. The molecule has 3 aromatic carbocycles. The molecule has 0 spiro atoms. The van der Waals surface area contributed by atoms with Crippen molar-refractivity contribution in [1.29, 1.82) is 0 Å². The first-order valence-corrected chi connectivity index (χ1v) is 12.3. The standard InChI is InChI=1S/C31H31N2/c1-31(2)25-11-7-5-9-22(25)23-15-14-21(19-26(23)31)32-18-17-20-13-16-28-29(30(20)32)24-10-6-8-12-27(24)33(28,3)4/h5-16,19,22,25H,17-18H2,1-4H3/q+1. The van der Waals surface area contributed by atoms with E-state index in [1.54, 1.807) is 0 Å². The second-order valence-electron chi connectivity index (χ2n) is 11.2. The molecule has 2 unspecified atom stereocenters. The lowest BCUT2D eigenvalue weighted by molar-refractivity contribution is 0.394. The predicted octanol–water partition coefficient (Wildman–Crippen LogP) is 7.38. The number of rotatable bonds is 1. The van der Waals surface area contributed by atoms with Crippen molar-refractivity contribution in [2.75, 3.05) is 25.5 Å². The summed E-state index contributed by atoms with van der Waals surface area (Å²) in [6, 6.07) is 21.0. The quantitative estimate of drug-likeness (QED) is 0.363. The van der Waals surface area contributed by atoms with E-state index in [0.717, 1.165) is 17.4 Å². The minimum Gasteiger partial charge on any atom is -0.340 e. The number of benzene rings is 3.